The Morgan fingerprint density at radius 1 is 0.343 bits per heavy atom. The molecule has 2 spiro atoms. The zero-order chi connectivity index (χ0) is 47.0. The van der Waals surface area contributed by atoms with Crippen molar-refractivity contribution in [2.75, 3.05) is 106 Å². The molecule has 70 heavy (non-hydrogen) atoms. The molecule has 4 aromatic carbocycles. The number of hydrogen-bond acceptors (Lipinski definition) is 16. The van der Waals surface area contributed by atoms with Crippen LogP contribution in [-0.4, -0.2) is 106 Å². The van der Waals surface area contributed by atoms with Gasteiger partial charge in [-0.25, -0.2) is 0 Å². The predicted octanol–water partition coefficient (Wildman–Crippen LogP) is 11.0. The van der Waals surface area contributed by atoms with Crippen molar-refractivity contribution >= 4 is 69.7 Å². The minimum absolute atomic E-state index is 0.362. The van der Waals surface area contributed by atoms with Gasteiger partial charge >= 0.3 is 0 Å². The molecule has 2 aromatic heterocycles. The Morgan fingerprint density at radius 2 is 0.657 bits per heavy atom. The van der Waals surface area contributed by atoms with E-state index in [1.165, 1.54) is 29.3 Å². The van der Waals surface area contributed by atoms with E-state index in [4.69, 9.17) is 47.4 Å². The second kappa shape index (κ2) is 22.7. The van der Waals surface area contributed by atoms with Gasteiger partial charge in [0.05, 0.1) is 79.3 Å². The van der Waals surface area contributed by atoms with Gasteiger partial charge in [-0.2, -0.15) is 0 Å². The number of rotatable bonds is 0. The number of thioether (sulfide) groups is 4. The minimum atomic E-state index is -0.410. The van der Waals surface area contributed by atoms with E-state index in [2.05, 4.69) is 83.0 Å². The highest BCUT2D eigenvalue weighted by Crippen LogP contribution is 2.83. The molecular weight excluding hydrogens is 1000 g/mol. The molecule has 0 unspecified atom stereocenters. The normalized spacial score (nSPS) is 19.0. The summed E-state index contributed by atoms with van der Waals surface area (Å²) in [7, 11) is 0. The summed E-state index contributed by atoms with van der Waals surface area (Å²) in [4.78, 5) is 7.75. The molecule has 5 aliphatic rings. The maximum absolute atomic E-state index is 6.25. The van der Waals surface area contributed by atoms with Crippen LogP contribution >= 0.6 is 69.7 Å². The van der Waals surface area contributed by atoms with E-state index >= 15 is 0 Å². The van der Waals surface area contributed by atoms with E-state index in [1.807, 2.05) is 83.4 Å². The van der Waals surface area contributed by atoms with Crippen molar-refractivity contribution in [2.45, 2.75) is 27.7 Å². The Labute approximate surface area is 433 Å². The second-order valence-corrected chi connectivity index (χ2v) is 23.4. The number of ether oxygens (including phenoxy) is 10. The predicted molar refractivity (Wildman–Crippen MR) is 279 cm³/mol. The van der Waals surface area contributed by atoms with Gasteiger partial charge in [-0.3, -0.25) is 0 Å². The molecule has 0 bridgehead atoms. The van der Waals surface area contributed by atoms with Crippen molar-refractivity contribution in [3.05, 3.63) is 128 Å². The van der Waals surface area contributed by atoms with Crippen LogP contribution in [0.1, 0.15) is 32.0 Å². The quantitative estimate of drug-likeness (QED) is 0.135. The van der Waals surface area contributed by atoms with Gasteiger partial charge in [0.1, 0.15) is 34.6 Å². The van der Waals surface area contributed by atoms with Crippen LogP contribution in [0.3, 0.4) is 0 Å². The Kier molecular flexibility index (Phi) is 15.6. The molecule has 0 fully saturated rings. The highest BCUT2D eigenvalue weighted by atomic mass is 32.2. The Bertz CT molecular complexity index is 2700. The van der Waals surface area contributed by atoms with E-state index < -0.39 is 8.16 Å². The van der Waals surface area contributed by atoms with E-state index in [1.54, 1.807) is 22.7 Å². The van der Waals surface area contributed by atoms with Gasteiger partial charge in [0.2, 0.25) is 0 Å². The zero-order valence-electron chi connectivity index (χ0n) is 38.1. The van der Waals surface area contributed by atoms with Crippen molar-refractivity contribution in [3.8, 4) is 57.8 Å². The lowest BCUT2D eigenvalue weighted by Crippen LogP contribution is -2.39. The Morgan fingerprint density at radius 3 is 1.00 bits per heavy atom. The van der Waals surface area contributed by atoms with Gasteiger partial charge < -0.3 is 47.4 Å². The third-order valence-corrected chi connectivity index (χ3v) is 21.6. The van der Waals surface area contributed by atoms with E-state index in [0.29, 0.717) is 129 Å². The lowest BCUT2D eigenvalue weighted by molar-refractivity contribution is 0.00708. The van der Waals surface area contributed by atoms with Gasteiger partial charge in [0.15, 0.2) is 23.0 Å². The first kappa shape index (κ1) is 48.1. The van der Waals surface area contributed by atoms with Crippen LogP contribution < -0.4 is 18.9 Å². The first-order valence-corrected chi connectivity index (χ1v) is 28.2. The molecule has 360 valence electrons. The van der Waals surface area contributed by atoms with Crippen LogP contribution in [0.25, 0.3) is 11.1 Å². The van der Waals surface area contributed by atoms with Crippen molar-refractivity contribution < 1.29 is 47.4 Å². The molecule has 4 aliphatic heterocycles. The van der Waals surface area contributed by atoms with Crippen LogP contribution in [0.4, 0.5) is 0 Å². The van der Waals surface area contributed by atoms with Crippen molar-refractivity contribution in [3.63, 3.8) is 0 Å². The Balaban J connectivity index is 0.986. The molecule has 11 rings (SSSR count). The van der Waals surface area contributed by atoms with E-state index in [-0.39, 0.29) is 0 Å². The highest BCUT2D eigenvalue weighted by molar-refractivity contribution is 8.26. The van der Waals surface area contributed by atoms with Crippen molar-refractivity contribution in [2.24, 2.45) is 0 Å². The molecule has 6 heterocycles. The average Bonchev–Trinajstić information content (AvgIpc) is 4.19. The molecule has 16 heteroatoms. The maximum Gasteiger partial charge on any atom is 0.162 e. The van der Waals surface area contributed by atoms with Crippen LogP contribution in [0, 0.1) is 23.7 Å². The fourth-order valence-corrected chi connectivity index (χ4v) is 18.9. The summed E-state index contributed by atoms with van der Waals surface area (Å²) in [6.07, 6.45) is 0. The van der Waals surface area contributed by atoms with Gasteiger partial charge in [-0.15, -0.1) is 22.7 Å². The van der Waals surface area contributed by atoms with Crippen molar-refractivity contribution in [1.29, 1.82) is 0 Å². The smallest absolute Gasteiger partial charge is 0.162 e. The van der Waals surface area contributed by atoms with Gasteiger partial charge in [-0.05, 0) is 60.7 Å². The zero-order valence-corrected chi connectivity index (χ0v) is 43.0. The molecular formula is C54H48O10S6. The average molecular weight is 1050 g/mol. The molecule has 1 aliphatic carbocycles. The lowest BCUT2D eigenvalue weighted by atomic mass is 9.90. The maximum atomic E-state index is 6.25. The van der Waals surface area contributed by atoms with Crippen LogP contribution in [0.5, 0.6) is 23.0 Å². The van der Waals surface area contributed by atoms with Gasteiger partial charge in [-0.1, -0.05) is 95.0 Å². The first-order valence-electron chi connectivity index (χ1n) is 23.2. The number of hydrogen-bond donors (Lipinski definition) is 0. The van der Waals surface area contributed by atoms with Crippen LogP contribution in [0.2, 0.25) is 0 Å². The molecule has 0 saturated carbocycles. The topological polar surface area (TPSA) is 92.3 Å². The molecule has 6 aromatic rings. The molecule has 0 amide bonds. The summed E-state index contributed by atoms with van der Waals surface area (Å²) in [5, 5.41) is 4.49. The second-order valence-electron chi connectivity index (χ2n) is 16.1. The monoisotopic (exact) mass is 1050 g/mol. The summed E-state index contributed by atoms with van der Waals surface area (Å²) in [5.74, 6) is 16.9. The van der Waals surface area contributed by atoms with Crippen molar-refractivity contribution in [1.82, 2.24) is 0 Å². The number of benzene rings is 4. The third-order valence-electron chi connectivity index (χ3n) is 11.6. The summed E-state index contributed by atoms with van der Waals surface area (Å²) >= 11 is 11.5. The SMILES string of the molecule is C(#Cc1csc2c1-c1c(C#Cc3ccc4c(c3)OCCOCCOCCOCCO4)csc1C1(Sc3ccccc3S1)C21Sc2ccccc2S1)c1ccc2c(c1)OCCOCCOCCOCCO2. The van der Waals surface area contributed by atoms with Gasteiger partial charge in [0.25, 0.3) is 0 Å². The summed E-state index contributed by atoms with van der Waals surface area (Å²) in [5.41, 5.74) is 5.84. The largest absolute Gasteiger partial charge is 0.487 e. The van der Waals surface area contributed by atoms with Crippen LogP contribution in [-0.2, 0) is 36.6 Å². The summed E-state index contributed by atoms with van der Waals surface area (Å²) in [6, 6.07) is 29.4. The fourth-order valence-electron chi connectivity index (χ4n) is 8.37. The fraction of sp³-hybridized carbons (Fsp3) is 0.333. The molecule has 0 atom stereocenters. The molecule has 10 nitrogen and oxygen atoms in total. The Hall–Kier alpha value is -4.24. The molecule has 0 N–H and O–H groups in total. The van der Waals surface area contributed by atoms with E-state index in [0.717, 1.165) is 33.4 Å². The number of fused-ring (bicyclic) bond motifs is 10. The molecule has 0 saturated heterocycles. The first-order chi connectivity index (χ1) is 34.7. The summed E-state index contributed by atoms with van der Waals surface area (Å²) in [6.45, 7) is 7.22. The van der Waals surface area contributed by atoms with Crippen LogP contribution in [0.15, 0.2) is 115 Å². The third kappa shape index (κ3) is 10.2. The lowest BCUT2D eigenvalue weighted by Gasteiger charge is -2.46. The number of thiophene rings is 2. The highest BCUT2D eigenvalue weighted by Gasteiger charge is 2.67. The summed E-state index contributed by atoms with van der Waals surface area (Å²) < 4.78 is 58.0. The molecule has 0 radical (unpaired) electrons. The van der Waals surface area contributed by atoms with Gasteiger partial charge in [0, 0.05) is 73.5 Å². The van der Waals surface area contributed by atoms with E-state index in [9.17, 15) is 0 Å². The standard InChI is InChI=1S/C54H48O10S6/c1-2-6-46-45(5-1)67-53(68-46)51-49(39(35-65-51)13-9-37-11-15-41-43(33-37)63-31-27-59-23-19-55-17-21-57-25-29-61-41)50-40(36-66-52(50)54(53)69-47-7-3-4-8-48(47)70-54)14-10-38-12-16-42-44(34-38)64-32-28-60-24-20-56-18-22-58-26-30-62-42/h1-8,11-12,15-16,33-36H,17-32H2. The minimum Gasteiger partial charge on any atom is -0.487 e.